The van der Waals surface area contributed by atoms with Crippen LogP contribution in [0.15, 0.2) is 35.2 Å². The highest BCUT2D eigenvalue weighted by molar-refractivity contribution is 7.07. The van der Waals surface area contributed by atoms with Gasteiger partial charge in [0.05, 0.1) is 0 Å². The fraction of sp³-hybridized carbons (Fsp3) is 0.400. The second-order valence-electron chi connectivity index (χ2n) is 5.23. The topological polar surface area (TPSA) is 42.1 Å². The lowest BCUT2D eigenvalue weighted by Gasteiger charge is -2.23. The molecule has 0 saturated heterocycles. The van der Waals surface area contributed by atoms with Crippen LogP contribution in [0.3, 0.4) is 0 Å². The third-order valence-electron chi connectivity index (χ3n) is 3.51. The van der Waals surface area contributed by atoms with E-state index in [4.69, 9.17) is 5.73 Å². The number of hydrogen-bond donors (Lipinski definition) is 1. The highest BCUT2D eigenvalue weighted by Crippen LogP contribution is 2.32. The zero-order valence-corrected chi connectivity index (χ0v) is 11.9. The van der Waals surface area contributed by atoms with E-state index in [1.807, 2.05) is 13.1 Å². The zero-order valence-electron chi connectivity index (χ0n) is 11.1. The first-order valence-electron chi connectivity index (χ1n) is 6.73. The van der Waals surface area contributed by atoms with Crippen molar-refractivity contribution in [3.05, 3.63) is 46.3 Å². The van der Waals surface area contributed by atoms with Crippen LogP contribution < -0.4 is 10.6 Å². The number of nitrogens with zero attached hydrogens (tertiary/aromatic N) is 2. The molecule has 1 atom stereocenters. The first-order valence-corrected chi connectivity index (χ1v) is 7.67. The zero-order chi connectivity index (χ0) is 13.2. The number of hydrogen-bond acceptors (Lipinski definition) is 4. The van der Waals surface area contributed by atoms with Crippen LogP contribution in [0.4, 0.5) is 5.82 Å². The van der Waals surface area contributed by atoms with Crippen LogP contribution in [0, 0.1) is 0 Å². The number of thiophene rings is 1. The summed E-state index contributed by atoms with van der Waals surface area (Å²) in [7, 11) is 0. The van der Waals surface area contributed by atoms with Crippen LogP contribution in [0.5, 0.6) is 0 Å². The molecule has 2 aromatic heterocycles. The van der Waals surface area contributed by atoms with Crippen molar-refractivity contribution in [3.63, 3.8) is 0 Å². The molecular weight excluding hydrogens is 254 g/mol. The standard InChI is InChI=1S/C15H19N3S/c1-11(16)13-2-5-15(17-8-13)18(14-3-4-14)9-12-6-7-19-10-12/h2,5-8,10-11,14H,3-4,9,16H2,1H3/t11-/m0/s1. The van der Waals surface area contributed by atoms with Gasteiger partial charge in [-0.15, -0.1) is 0 Å². The van der Waals surface area contributed by atoms with Gasteiger partial charge in [0, 0.05) is 24.8 Å². The van der Waals surface area contributed by atoms with E-state index >= 15 is 0 Å². The molecule has 0 amide bonds. The minimum absolute atomic E-state index is 0.0489. The normalized spacial score (nSPS) is 16.3. The minimum atomic E-state index is 0.0489. The Morgan fingerprint density at radius 1 is 1.42 bits per heavy atom. The lowest BCUT2D eigenvalue weighted by atomic mass is 10.1. The Bertz CT molecular complexity index is 515. The lowest BCUT2D eigenvalue weighted by Crippen LogP contribution is -2.25. The molecule has 3 rings (SSSR count). The highest BCUT2D eigenvalue weighted by atomic mass is 32.1. The van der Waals surface area contributed by atoms with Gasteiger partial charge in [-0.2, -0.15) is 11.3 Å². The Hall–Kier alpha value is -1.39. The Morgan fingerprint density at radius 2 is 2.26 bits per heavy atom. The Morgan fingerprint density at radius 3 is 2.79 bits per heavy atom. The third kappa shape index (κ3) is 2.96. The number of pyridine rings is 1. The summed E-state index contributed by atoms with van der Waals surface area (Å²) in [4.78, 5) is 7.00. The number of anilines is 1. The average Bonchev–Trinajstić information content (AvgIpc) is 3.13. The second-order valence-corrected chi connectivity index (χ2v) is 6.01. The van der Waals surface area contributed by atoms with Crippen LogP contribution in [0.2, 0.25) is 0 Å². The Kier molecular flexibility index (Phi) is 3.53. The van der Waals surface area contributed by atoms with Gasteiger partial charge in [-0.25, -0.2) is 4.98 Å². The maximum absolute atomic E-state index is 5.87. The number of rotatable bonds is 5. The largest absolute Gasteiger partial charge is 0.349 e. The molecule has 0 bridgehead atoms. The van der Waals surface area contributed by atoms with E-state index in [-0.39, 0.29) is 6.04 Å². The molecule has 2 N–H and O–H groups in total. The first kappa shape index (κ1) is 12.6. The monoisotopic (exact) mass is 273 g/mol. The van der Waals surface area contributed by atoms with Crippen molar-refractivity contribution in [3.8, 4) is 0 Å². The molecular formula is C15H19N3S. The van der Waals surface area contributed by atoms with E-state index in [1.165, 1.54) is 18.4 Å². The molecule has 0 aromatic carbocycles. The Balaban J connectivity index is 1.79. The summed E-state index contributed by atoms with van der Waals surface area (Å²) in [6.07, 6.45) is 4.46. The van der Waals surface area contributed by atoms with Crippen molar-refractivity contribution >= 4 is 17.2 Å². The second kappa shape index (κ2) is 5.31. The summed E-state index contributed by atoms with van der Waals surface area (Å²) in [5, 5.41) is 4.35. The van der Waals surface area contributed by atoms with E-state index in [9.17, 15) is 0 Å². The molecule has 1 aliphatic rings. The fourth-order valence-corrected chi connectivity index (χ4v) is 2.86. The summed E-state index contributed by atoms with van der Waals surface area (Å²) in [5.41, 5.74) is 8.33. The van der Waals surface area contributed by atoms with E-state index in [0.717, 1.165) is 17.9 Å². The van der Waals surface area contributed by atoms with Gasteiger partial charge in [-0.1, -0.05) is 6.07 Å². The van der Waals surface area contributed by atoms with Crippen molar-refractivity contribution in [2.24, 2.45) is 5.73 Å². The van der Waals surface area contributed by atoms with Gasteiger partial charge in [0.1, 0.15) is 5.82 Å². The molecule has 0 radical (unpaired) electrons. The van der Waals surface area contributed by atoms with Crippen molar-refractivity contribution in [2.75, 3.05) is 4.90 Å². The van der Waals surface area contributed by atoms with Gasteiger partial charge in [0.2, 0.25) is 0 Å². The maximum atomic E-state index is 5.87. The molecule has 0 unspecified atom stereocenters. The van der Waals surface area contributed by atoms with Crippen LogP contribution in [-0.4, -0.2) is 11.0 Å². The summed E-state index contributed by atoms with van der Waals surface area (Å²) >= 11 is 1.75. The van der Waals surface area contributed by atoms with Crippen LogP contribution in [0.1, 0.15) is 36.9 Å². The summed E-state index contributed by atoms with van der Waals surface area (Å²) < 4.78 is 0. The predicted molar refractivity (Wildman–Crippen MR) is 80.4 cm³/mol. The third-order valence-corrected chi connectivity index (χ3v) is 4.24. The predicted octanol–water partition coefficient (Wildman–Crippen LogP) is 3.33. The molecule has 0 aliphatic heterocycles. The maximum Gasteiger partial charge on any atom is 0.129 e. The highest BCUT2D eigenvalue weighted by Gasteiger charge is 2.30. The van der Waals surface area contributed by atoms with Crippen LogP contribution in [-0.2, 0) is 6.54 Å². The minimum Gasteiger partial charge on any atom is -0.349 e. The smallest absolute Gasteiger partial charge is 0.129 e. The molecule has 19 heavy (non-hydrogen) atoms. The van der Waals surface area contributed by atoms with Crippen molar-refractivity contribution < 1.29 is 0 Å². The van der Waals surface area contributed by atoms with Crippen molar-refractivity contribution in [2.45, 2.75) is 38.4 Å². The molecule has 4 heteroatoms. The molecule has 100 valence electrons. The van der Waals surface area contributed by atoms with E-state index < -0.39 is 0 Å². The molecule has 1 saturated carbocycles. The molecule has 3 nitrogen and oxygen atoms in total. The van der Waals surface area contributed by atoms with Gasteiger partial charge in [0.25, 0.3) is 0 Å². The van der Waals surface area contributed by atoms with E-state index in [2.05, 4.69) is 38.8 Å². The summed E-state index contributed by atoms with van der Waals surface area (Å²) in [6.45, 7) is 2.94. The Labute approximate surface area is 118 Å². The van der Waals surface area contributed by atoms with E-state index in [1.54, 1.807) is 11.3 Å². The summed E-state index contributed by atoms with van der Waals surface area (Å²) in [5.74, 6) is 1.07. The van der Waals surface area contributed by atoms with Gasteiger partial charge in [0.15, 0.2) is 0 Å². The fourth-order valence-electron chi connectivity index (χ4n) is 2.20. The lowest BCUT2D eigenvalue weighted by molar-refractivity contribution is 0.770. The van der Waals surface area contributed by atoms with Gasteiger partial charge in [-0.3, -0.25) is 0 Å². The molecule has 1 fully saturated rings. The molecule has 2 aromatic rings. The quantitative estimate of drug-likeness (QED) is 0.908. The van der Waals surface area contributed by atoms with Gasteiger partial charge < -0.3 is 10.6 Å². The molecule has 2 heterocycles. The number of nitrogens with two attached hydrogens (primary N) is 1. The molecule has 1 aliphatic carbocycles. The van der Waals surface area contributed by atoms with Gasteiger partial charge in [-0.05, 0) is 53.8 Å². The SMILES string of the molecule is C[C@H](N)c1ccc(N(Cc2ccsc2)C2CC2)nc1. The van der Waals surface area contributed by atoms with Crippen molar-refractivity contribution in [1.29, 1.82) is 0 Å². The van der Waals surface area contributed by atoms with Crippen molar-refractivity contribution in [1.82, 2.24) is 4.98 Å². The number of aromatic nitrogens is 1. The molecule has 0 spiro atoms. The van der Waals surface area contributed by atoms with E-state index in [0.29, 0.717) is 6.04 Å². The van der Waals surface area contributed by atoms with Crippen LogP contribution in [0.25, 0.3) is 0 Å². The average molecular weight is 273 g/mol. The van der Waals surface area contributed by atoms with Gasteiger partial charge >= 0.3 is 0 Å². The summed E-state index contributed by atoms with van der Waals surface area (Å²) in [6, 6.07) is 7.09. The van der Waals surface area contributed by atoms with Crippen LogP contribution >= 0.6 is 11.3 Å². The first-order chi connectivity index (χ1) is 9.24.